The van der Waals surface area contributed by atoms with Crippen molar-refractivity contribution in [3.05, 3.63) is 30.1 Å². The van der Waals surface area contributed by atoms with Gasteiger partial charge in [0.15, 0.2) is 0 Å². The number of aromatic nitrogens is 2. The molecular formula is C17H27N3O. The molecule has 1 aromatic heterocycles. The lowest BCUT2D eigenvalue weighted by Crippen LogP contribution is -2.47. The van der Waals surface area contributed by atoms with E-state index < -0.39 is 0 Å². The van der Waals surface area contributed by atoms with Crippen LogP contribution < -0.4 is 5.32 Å². The summed E-state index contributed by atoms with van der Waals surface area (Å²) in [5.74, 6) is 1.03. The van der Waals surface area contributed by atoms with Crippen LogP contribution in [0.25, 0.3) is 11.0 Å². The highest BCUT2D eigenvalue weighted by atomic mass is 16.3. The molecular weight excluding hydrogens is 262 g/mol. The van der Waals surface area contributed by atoms with Crippen LogP contribution in [0.15, 0.2) is 24.3 Å². The lowest BCUT2D eigenvalue weighted by Gasteiger charge is -2.32. The second-order valence-corrected chi connectivity index (χ2v) is 6.22. The van der Waals surface area contributed by atoms with E-state index in [4.69, 9.17) is 0 Å². The molecule has 0 aliphatic rings. The summed E-state index contributed by atoms with van der Waals surface area (Å²) in [6.45, 7) is 9.54. The summed E-state index contributed by atoms with van der Waals surface area (Å²) in [5.41, 5.74) is 1.94. The normalized spacial score (nSPS) is 16.0. The van der Waals surface area contributed by atoms with Crippen molar-refractivity contribution in [2.24, 2.45) is 0 Å². The zero-order valence-corrected chi connectivity index (χ0v) is 13.6. The van der Waals surface area contributed by atoms with Gasteiger partial charge in [0.25, 0.3) is 0 Å². The van der Waals surface area contributed by atoms with E-state index in [1.807, 2.05) is 25.1 Å². The Labute approximate surface area is 127 Å². The number of fused-ring (bicyclic) bond motifs is 1. The number of imidazole rings is 1. The zero-order chi connectivity index (χ0) is 15.5. The van der Waals surface area contributed by atoms with Crippen LogP contribution >= 0.6 is 0 Å². The Balaban J connectivity index is 2.25. The molecule has 2 rings (SSSR count). The molecule has 2 atom stereocenters. The topological polar surface area (TPSA) is 50.1 Å². The van der Waals surface area contributed by atoms with E-state index in [0.29, 0.717) is 0 Å². The fourth-order valence-corrected chi connectivity index (χ4v) is 3.08. The quantitative estimate of drug-likeness (QED) is 0.823. The third kappa shape index (κ3) is 3.44. The Morgan fingerprint density at radius 1 is 1.38 bits per heavy atom. The highest BCUT2D eigenvalue weighted by Crippen LogP contribution is 2.26. The average Bonchev–Trinajstić information content (AvgIpc) is 2.81. The molecule has 2 aromatic rings. The maximum atomic E-state index is 9.75. The summed E-state index contributed by atoms with van der Waals surface area (Å²) >= 11 is 0. The summed E-state index contributed by atoms with van der Waals surface area (Å²) in [5, 5.41) is 13.2. The van der Waals surface area contributed by atoms with Crippen LogP contribution in [0.3, 0.4) is 0 Å². The summed E-state index contributed by atoms with van der Waals surface area (Å²) in [4.78, 5) is 4.63. The van der Waals surface area contributed by atoms with E-state index in [1.54, 1.807) is 0 Å². The molecule has 1 heterocycles. The molecule has 2 unspecified atom stereocenters. The predicted molar refractivity (Wildman–Crippen MR) is 87.6 cm³/mol. The van der Waals surface area contributed by atoms with Crippen LogP contribution in [0, 0.1) is 6.92 Å². The smallest absolute Gasteiger partial charge is 0.106 e. The average molecular weight is 289 g/mol. The van der Waals surface area contributed by atoms with Crippen molar-refractivity contribution in [3.8, 4) is 0 Å². The number of aliphatic hydroxyl groups is 1. The van der Waals surface area contributed by atoms with Crippen LogP contribution in [0.2, 0.25) is 0 Å². The molecule has 0 aliphatic heterocycles. The lowest BCUT2D eigenvalue weighted by atomic mass is 9.94. The van der Waals surface area contributed by atoms with E-state index in [9.17, 15) is 5.11 Å². The zero-order valence-electron chi connectivity index (χ0n) is 13.6. The van der Waals surface area contributed by atoms with Gasteiger partial charge < -0.3 is 15.0 Å². The molecule has 0 radical (unpaired) electrons. The lowest BCUT2D eigenvalue weighted by molar-refractivity contribution is 0.151. The number of aryl methyl sites for hydroxylation is 1. The van der Waals surface area contributed by atoms with Crippen LogP contribution in [0.4, 0.5) is 0 Å². The first-order valence-electron chi connectivity index (χ1n) is 7.80. The minimum Gasteiger partial charge on any atom is -0.394 e. The molecule has 0 amide bonds. The molecule has 116 valence electrons. The SMILES string of the molecule is CCCNC(C)(CO)CC(C)n1c(C)nc2ccccc21. The van der Waals surface area contributed by atoms with Crippen LogP contribution in [-0.4, -0.2) is 33.3 Å². The number of nitrogens with zero attached hydrogens (tertiary/aromatic N) is 2. The van der Waals surface area contributed by atoms with Gasteiger partial charge in [-0.2, -0.15) is 0 Å². The third-order valence-corrected chi connectivity index (χ3v) is 4.11. The van der Waals surface area contributed by atoms with Gasteiger partial charge in [0.2, 0.25) is 0 Å². The predicted octanol–water partition coefficient (Wildman–Crippen LogP) is 3.05. The summed E-state index contributed by atoms with van der Waals surface area (Å²) in [7, 11) is 0. The molecule has 1 aromatic carbocycles. The summed E-state index contributed by atoms with van der Waals surface area (Å²) in [6, 6.07) is 8.50. The number of para-hydroxylation sites is 2. The van der Waals surface area contributed by atoms with Gasteiger partial charge in [-0.1, -0.05) is 19.1 Å². The number of rotatable bonds is 7. The second-order valence-electron chi connectivity index (χ2n) is 6.22. The first-order valence-corrected chi connectivity index (χ1v) is 7.80. The van der Waals surface area contributed by atoms with Crippen molar-refractivity contribution in [2.45, 2.75) is 52.1 Å². The molecule has 0 saturated heterocycles. The maximum Gasteiger partial charge on any atom is 0.106 e. The van der Waals surface area contributed by atoms with Crippen molar-refractivity contribution < 1.29 is 5.11 Å². The molecule has 0 saturated carbocycles. The highest BCUT2D eigenvalue weighted by Gasteiger charge is 2.27. The van der Waals surface area contributed by atoms with E-state index in [1.165, 1.54) is 5.52 Å². The fourth-order valence-electron chi connectivity index (χ4n) is 3.08. The van der Waals surface area contributed by atoms with Crippen LogP contribution in [0.1, 0.15) is 45.5 Å². The second kappa shape index (κ2) is 6.58. The minimum atomic E-state index is -0.257. The molecule has 4 heteroatoms. The molecule has 0 bridgehead atoms. The van der Waals surface area contributed by atoms with Gasteiger partial charge in [-0.25, -0.2) is 4.98 Å². The van der Waals surface area contributed by atoms with Gasteiger partial charge in [-0.15, -0.1) is 0 Å². The van der Waals surface area contributed by atoms with Gasteiger partial charge in [0, 0.05) is 11.6 Å². The highest BCUT2D eigenvalue weighted by molar-refractivity contribution is 5.76. The summed E-state index contributed by atoms with van der Waals surface area (Å²) < 4.78 is 2.27. The monoisotopic (exact) mass is 289 g/mol. The maximum absolute atomic E-state index is 9.75. The molecule has 4 nitrogen and oxygen atoms in total. The fraction of sp³-hybridized carbons (Fsp3) is 0.588. The Morgan fingerprint density at radius 3 is 2.76 bits per heavy atom. The van der Waals surface area contributed by atoms with E-state index in [-0.39, 0.29) is 18.2 Å². The Hall–Kier alpha value is -1.39. The van der Waals surface area contributed by atoms with Crippen molar-refractivity contribution in [1.82, 2.24) is 14.9 Å². The first-order chi connectivity index (χ1) is 10.0. The molecule has 21 heavy (non-hydrogen) atoms. The molecule has 2 N–H and O–H groups in total. The van der Waals surface area contributed by atoms with Crippen molar-refractivity contribution in [2.75, 3.05) is 13.2 Å². The van der Waals surface area contributed by atoms with Gasteiger partial charge in [0.1, 0.15) is 5.82 Å². The molecule has 0 spiro atoms. The number of hydrogen-bond acceptors (Lipinski definition) is 3. The Kier molecular flexibility index (Phi) is 5.01. The summed E-state index contributed by atoms with van der Waals surface area (Å²) in [6.07, 6.45) is 1.93. The largest absolute Gasteiger partial charge is 0.394 e. The van der Waals surface area contributed by atoms with E-state index >= 15 is 0 Å². The molecule has 0 aliphatic carbocycles. The number of hydrogen-bond donors (Lipinski definition) is 2. The van der Waals surface area contributed by atoms with Gasteiger partial charge >= 0.3 is 0 Å². The third-order valence-electron chi connectivity index (χ3n) is 4.11. The van der Waals surface area contributed by atoms with E-state index in [0.717, 1.165) is 30.7 Å². The number of aliphatic hydroxyl groups excluding tert-OH is 1. The standard InChI is InChI=1S/C17H27N3O/c1-5-10-18-17(4,12-21)11-13(2)20-14(3)19-15-8-6-7-9-16(15)20/h6-9,13,18,21H,5,10-12H2,1-4H3. The van der Waals surface area contributed by atoms with Crippen LogP contribution in [0.5, 0.6) is 0 Å². The van der Waals surface area contributed by atoms with Crippen LogP contribution in [-0.2, 0) is 0 Å². The number of benzene rings is 1. The van der Waals surface area contributed by atoms with Crippen molar-refractivity contribution in [1.29, 1.82) is 0 Å². The van der Waals surface area contributed by atoms with Gasteiger partial charge in [-0.05, 0) is 52.3 Å². The number of nitrogens with one attached hydrogen (secondary N) is 1. The minimum absolute atomic E-state index is 0.142. The Morgan fingerprint density at radius 2 is 2.10 bits per heavy atom. The van der Waals surface area contributed by atoms with E-state index in [2.05, 4.69) is 41.7 Å². The Bertz CT molecular complexity index is 593. The van der Waals surface area contributed by atoms with Crippen molar-refractivity contribution in [3.63, 3.8) is 0 Å². The van der Waals surface area contributed by atoms with Gasteiger partial charge in [-0.3, -0.25) is 0 Å². The first kappa shape index (κ1) is 16.0. The van der Waals surface area contributed by atoms with Crippen molar-refractivity contribution >= 4 is 11.0 Å². The van der Waals surface area contributed by atoms with Gasteiger partial charge in [0.05, 0.1) is 17.6 Å². The molecule has 0 fully saturated rings.